The molecule has 0 amide bonds. The maximum atomic E-state index is 12.6. The van der Waals surface area contributed by atoms with Gasteiger partial charge in [-0.25, -0.2) is 4.98 Å². The lowest BCUT2D eigenvalue weighted by molar-refractivity contribution is 0.771. The van der Waals surface area contributed by atoms with Gasteiger partial charge < -0.3 is 0 Å². The highest BCUT2D eigenvalue weighted by Gasteiger charge is 2.06. The molecule has 24 heavy (non-hydrogen) atoms. The van der Waals surface area contributed by atoms with Crippen molar-refractivity contribution in [3.8, 4) is 0 Å². The molecule has 0 aliphatic rings. The van der Waals surface area contributed by atoms with Gasteiger partial charge in [0.1, 0.15) is 5.82 Å². The SMILES string of the molecule is Cc1nc2ccccc2c(=O)n1/N=C\c1cccc2ccccc12. The van der Waals surface area contributed by atoms with E-state index in [1.54, 1.807) is 19.2 Å². The average molecular weight is 313 g/mol. The van der Waals surface area contributed by atoms with E-state index >= 15 is 0 Å². The van der Waals surface area contributed by atoms with Gasteiger partial charge in [0.2, 0.25) is 0 Å². The molecule has 0 N–H and O–H groups in total. The van der Waals surface area contributed by atoms with Crippen molar-refractivity contribution in [3.63, 3.8) is 0 Å². The molecule has 3 aromatic carbocycles. The number of nitrogens with zero attached hydrogens (tertiary/aromatic N) is 3. The van der Waals surface area contributed by atoms with Crippen LogP contribution in [0.3, 0.4) is 0 Å². The summed E-state index contributed by atoms with van der Waals surface area (Å²) in [6.45, 7) is 1.79. The zero-order valence-electron chi connectivity index (χ0n) is 13.2. The molecule has 4 rings (SSSR count). The predicted octanol–water partition coefficient (Wildman–Crippen LogP) is 3.74. The molecule has 116 valence electrons. The van der Waals surface area contributed by atoms with E-state index in [1.807, 2.05) is 48.5 Å². The van der Waals surface area contributed by atoms with Crippen LogP contribution in [0.15, 0.2) is 76.6 Å². The summed E-state index contributed by atoms with van der Waals surface area (Å²) in [7, 11) is 0. The van der Waals surface area contributed by atoms with Crippen molar-refractivity contribution in [2.75, 3.05) is 0 Å². The van der Waals surface area contributed by atoms with Gasteiger partial charge in [0.05, 0.1) is 17.1 Å². The zero-order chi connectivity index (χ0) is 16.5. The van der Waals surface area contributed by atoms with E-state index in [0.717, 1.165) is 16.3 Å². The predicted molar refractivity (Wildman–Crippen MR) is 97.7 cm³/mol. The van der Waals surface area contributed by atoms with Gasteiger partial charge in [-0.2, -0.15) is 9.78 Å². The summed E-state index contributed by atoms with van der Waals surface area (Å²) in [6, 6.07) is 21.4. The van der Waals surface area contributed by atoms with Gasteiger partial charge in [0.15, 0.2) is 0 Å². The Morgan fingerprint density at radius 2 is 1.62 bits per heavy atom. The molecular weight excluding hydrogens is 298 g/mol. The number of aromatic nitrogens is 2. The van der Waals surface area contributed by atoms with Gasteiger partial charge in [0.25, 0.3) is 5.56 Å². The Balaban J connectivity index is 1.87. The molecule has 0 unspecified atom stereocenters. The third-order valence-electron chi connectivity index (χ3n) is 4.05. The lowest BCUT2D eigenvalue weighted by Gasteiger charge is -2.06. The molecule has 0 atom stereocenters. The van der Waals surface area contributed by atoms with Crippen LogP contribution in [-0.4, -0.2) is 15.9 Å². The van der Waals surface area contributed by atoms with Crippen molar-refractivity contribution in [2.24, 2.45) is 5.10 Å². The molecule has 0 aliphatic heterocycles. The van der Waals surface area contributed by atoms with Crippen molar-refractivity contribution in [2.45, 2.75) is 6.92 Å². The van der Waals surface area contributed by atoms with E-state index in [0.29, 0.717) is 16.7 Å². The Hall–Kier alpha value is -3.27. The number of para-hydroxylation sites is 1. The highest BCUT2D eigenvalue weighted by atomic mass is 16.1. The minimum Gasteiger partial charge on any atom is -0.267 e. The number of benzene rings is 3. The Morgan fingerprint density at radius 1 is 0.917 bits per heavy atom. The first-order valence-corrected chi connectivity index (χ1v) is 7.74. The topological polar surface area (TPSA) is 47.2 Å². The second kappa shape index (κ2) is 5.74. The summed E-state index contributed by atoms with van der Waals surface area (Å²) in [5.41, 5.74) is 1.50. The maximum Gasteiger partial charge on any atom is 0.282 e. The normalized spacial score (nSPS) is 11.5. The molecule has 4 aromatic rings. The molecule has 0 fully saturated rings. The van der Waals surface area contributed by atoms with E-state index < -0.39 is 0 Å². The molecule has 4 nitrogen and oxygen atoms in total. The summed E-state index contributed by atoms with van der Waals surface area (Å²) in [6.07, 6.45) is 1.72. The van der Waals surface area contributed by atoms with Crippen LogP contribution in [0.4, 0.5) is 0 Å². The van der Waals surface area contributed by atoms with E-state index in [2.05, 4.69) is 22.2 Å². The van der Waals surface area contributed by atoms with Crippen molar-refractivity contribution < 1.29 is 0 Å². The Morgan fingerprint density at radius 3 is 2.50 bits per heavy atom. The molecule has 1 aromatic heterocycles. The Bertz CT molecular complexity index is 1140. The van der Waals surface area contributed by atoms with Crippen molar-refractivity contribution in [3.05, 3.63) is 88.5 Å². The maximum absolute atomic E-state index is 12.6. The van der Waals surface area contributed by atoms with Gasteiger partial charge in [0, 0.05) is 5.56 Å². The molecule has 0 saturated carbocycles. The summed E-state index contributed by atoms with van der Waals surface area (Å²) < 4.78 is 1.35. The van der Waals surface area contributed by atoms with Crippen LogP contribution in [0, 0.1) is 6.92 Å². The molecule has 0 spiro atoms. The van der Waals surface area contributed by atoms with Crippen LogP contribution in [0.2, 0.25) is 0 Å². The molecule has 1 heterocycles. The summed E-state index contributed by atoms with van der Waals surface area (Å²) in [4.78, 5) is 17.1. The number of hydrogen-bond donors (Lipinski definition) is 0. The monoisotopic (exact) mass is 313 g/mol. The smallest absolute Gasteiger partial charge is 0.267 e. The molecule has 0 saturated heterocycles. The van der Waals surface area contributed by atoms with Gasteiger partial charge in [-0.05, 0) is 29.8 Å². The minimum atomic E-state index is -0.158. The van der Waals surface area contributed by atoms with Crippen molar-refractivity contribution in [1.82, 2.24) is 9.66 Å². The quantitative estimate of drug-likeness (QED) is 0.529. The first kappa shape index (κ1) is 14.3. The highest BCUT2D eigenvalue weighted by molar-refractivity contribution is 5.99. The van der Waals surface area contributed by atoms with E-state index in [9.17, 15) is 4.79 Å². The minimum absolute atomic E-state index is 0.158. The first-order chi connectivity index (χ1) is 11.7. The molecule has 0 aliphatic carbocycles. The summed E-state index contributed by atoms with van der Waals surface area (Å²) in [5.74, 6) is 0.565. The van der Waals surface area contributed by atoms with E-state index in [1.165, 1.54) is 4.68 Å². The third-order valence-corrected chi connectivity index (χ3v) is 4.05. The molecular formula is C20H15N3O. The van der Waals surface area contributed by atoms with Gasteiger partial charge in [-0.3, -0.25) is 4.79 Å². The second-order valence-electron chi connectivity index (χ2n) is 5.61. The van der Waals surface area contributed by atoms with Gasteiger partial charge >= 0.3 is 0 Å². The standard InChI is InChI=1S/C20H15N3O/c1-14-22-19-12-5-4-11-18(19)20(24)23(14)21-13-16-9-6-8-15-7-2-3-10-17(15)16/h2-13H,1H3/b21-13-. The fraction of sp³-hybridized carbons (Fsp3) is 0.0500. The highest BCUT2D eigenvalue weighted by Crippen LogP contribution is 2.17. The number of aryl methyl sites for hydroxylation is 1. The Kier molecular flexibility index (Phi) is 3.43. The number of hydrogen-bond acceptors (Lipinski definition) is 3. The van der Waals surface area contributed by atoms with Crippen LogP contribution < -0.4 is 5.56 Å². The molecule has 4 heteroatoms. The van der Waals surface area contributed by atoms with Crippen molar-refractivity contribution in [1.29, 1.82) is 0 Å². The fourth-order valence-corrected chi connectivity index (χ4v) is 2.85. The van der Waals surface area contributed by atoms with Crippen LogP contribution in [0.5, 0.6) is 0 Å². The fourth-order valence-electron chi connectivity index (χ4n) is 2.85. The molecule has 0 bridgehead atoms. The van der Waals surface area contributed by atoms with E-state index in [4.69, 9.17) is 0 Å². The van der Waals surface area contributed by atoms with Crippen molar-refractivity contribution >= 4 is 27.9 Å². The second-order valence-corrected chi connectivity index (χ2v) is 5.61. The number of rotatable bonds is 2. The summed E-state index contributed by atoms with van der Waals surface area (Å²) in [5, 5.41) is 7.20. The van der Waals surface area contributed by atoms with Gasteiger partial charge in [-0.1, -0.05) is 54.6 Å². The van der Waals surface area contributed by atoms with Crippen LogP contribution in [0.25, 0.3) is 21.7 Å². The lowest BCUT2D eigenvalue weighted by atomic mass is 10.1. The van der Waals surface area contributed by atoms with Crippen LogP contribution in [0.1, 0.15) is 11.4 Å². The first-order valence-electron chi connectivity index (χ1n) is 7.74. The van der Waals surface area contributed by atoms with Crippen LogP contribution >= 0.6 is 0 Å². The number of fused-ring (bicyclic) bond motifs is 2. The zero-order valence-corrected chi connectivity index (χ0v) is 13.2. The Labute approximate surface area is 138 Å². The van der Waals surface area contributed by atoms with E-state index in [-0.39, 0.29) is 5.56 Å². The van der Waals surface area contributed by atoms with Crippen LogP contribution in [-0.2, 0) is 0 Å². The lowest BCUT2D eigenvalue weighted by Crippen LogP contribution is -2.20. The third kappa shape index (κ3) is 2.38. The molecule has 0 radical (unpaired) electrons. The largest absolute Gasteiger partial charge is 0.282 e. The summed E-state index contributed by atoms with van der Waals surface area (Å²) >= 11 is 0. The average Bonchev–Trinajstić information content (AvgIpc) is 2.61. The van der Waals surface area contributed by atoms with Gasteiger partial charge in [-0.15, -0.1) is 0 Å².